The second-order valence-electron chi connectivity index (χ2n) is 2.92. The van der Waals surface area contributed by atoms with E-state index < -0.39 is 0 Å². The lowest BCUT2D eigenvalue weighted by Crippen LogP contribution is -1.89. The molecule has 0 aliphatic carbocycles. The van der Waals surface area contributed by atoms with Gasteiger partial charge < -0.3 is 0 Å². The molecule has 1 aromatic heterocycles. The SMILES string of the molecule is O=C(Cl)CCCCc1cccnc1. The molecule has 1 aromatic rings. The van der Waals surface area contributed by atoms with E-state index in [1.807, 2.05) is 18.3 Å². The van der Waals surface area contributed by atoms with E-state index in [2.05, 4.69) is 4.98 Å². The zero-order valence-electron chi connectivity index (χ0n) is 7.37. The largest absolute Gasteiger partial charge is 0.281 e. The number of carbonyl (C=O) groups is 1. The molecular weight excluding hydrogens is 186 g/mol. The van der Waals surface area contributed by atoms with Crippen LogP contribution in [-0.4, -0.2) is 10.2 Å². The summed E-state index contributed by atoms with van der Waals surface area (Å²) in [6.07, 6.45) is 6.90. The second kappa shape index (κ2) is 5.70. The van der Waals surface area contributed by atoms with Gasteiger partial charge in [-0.1, -0.05) is 6.07 Å². The highest BCUT2D eigenvalue weighted by atomic mass is 35.5. The molecule has 1 rings (SSSR count). The number of hydrogen-bond acceptors (Lipinski definition) is 2. The summed E-state index contributed by atoms with van der Waals surface area (Å²) in [5.41, 5.74) is 1.21. The Morgan fingerprint density at radius 3 is 2.92 bits per heavy atom. The summed E-state index contributed by atoms with van der Waals surface area (Å²) in [4.78, 5) is 14.4. The standard InChI is InChI=1S/C10H12ClNO/c11-10(13)6-2-1-4-9-5-3-7-12-8-9/h3,5,7-8H,1-2,4,6H2. The third-order valence-electron chi connectivity index (χ3n) is 1.81. The van der Waals surface area contributed by atoms with Crippen LogP contribution in [0.2, 0.25) is 0 Å². The fraction of sp³-hybridized carbons (Fsp3) is 0.400. The van der Waals surface area contributed by atoms with Gasteiger partial charge in [0.25, 0.3) is 0 Å². The fourth-order valence-electron chi connectivity index (χ4n) is 1.14. The Morgan fingerprint density at radius 1 is 1.46 bits per heavy atom. The van der Waals surface area contributed by atoms with Crippen LogP contribution in [0.3, 0.4) is 0 Å². The number of aryl methyl sites for hydroxylation is 1. The van der Waals surface area contributed by atoms with E-state index >= 15 is 0 Å². The molecule has 0 saturated heterocycles. The zero-order valence-corrected chi connectivity index (χ0v) is 8.13. The van der Waals surface area contributed by atoms with Gasteiger partial charge in [-0.05, 0) is 42.5 Å². The molecule has 70 valence electrons. The highest BCUT2D eigenvalue weighted by Gasteiger charge is 1.96. The Kier molecular flexibility index (Phi) is 4.47. The number of nitrogens with zero attached hydrogens (tertiary/aromatic N) is 1. The van der Waals surface area contributed by atoms with E-state index in [1.54, 1.807) is 6.20 Å². The van der Waals surface area contributed by atoms with E-state index in [4.69, 9.17) is 11.6 Å². The van der Waals surface area contributed by atoms with Crippen molar-refractivity contribution in [2.45, 2.75) is 25.7 Å². The lowest BCUT2D eigenvalue weighted by molar-refractivity contribution is -0.111. The van der Waals surface area contributed by atoms with Gasteiger partial charge in [-0.25, -0.2) is 0 Å². The zero-order chi connectivity index (χ0) is 9.52. The van der Waals surface area contributed by atoms with E-state index in [-0.39, 0.29) is 5.24 Å². The Hall–Kier alpha value is -0.890. The van der Waals surface area contributed by atoms with E-state index in [9.17, 15) is 4.79 Å². The van der Waals surface area contributed by atoms with Crippen LogP contribution in [0, 0.1) is 0 Å². The number of halogens is 1. The van der Waals surface area contributed by atoms with Gasteiger partial charge in [-0.2, -0.15) is 0 Å². The summed E-state index contributed by atoms with van der Waals surface area (Å²) in [6, 6.07) is 3.96. The van der Waals surface area contributed by atoms with Crippen LogP contribution in [0.5, 0.6) is 0 Å². The first-order valence-electron chi connectivity index (χ1n) is 4.36. The van der Waals surface area contributed by atoms with Crippen molar-refractivity contribution in [3.63, 3.8) is 0 Å². The highest BCUT2D eigenvalue weighted by Crippen LogP contribution is 2.05. The van der Waals surface area contributed by atoms with Crippen molar-refractivity contribution in [2.75, 3.05) is 0 Å². The normalized spacial score (nSPS) is 9.92. The molecule has 0 N–H and O–H groups in total. The highest BCUT2D eigenvalue weighted by molar-refractivity contribution is 6.63. The van der Waals surface area contributed by atoms with Crippen LogP contribution < -0.4 is 0 Å². The maximum atomic E-state index is 10.4. The maximum absolute atomic E-state index is 10.4. The van der Waals surface area contributed by atoms with Gasteiger partial charge in [0, 0.05) is 18.8 Å². The molecule has 2 nitrogen and oxygen atoms in total. The molecule has 3 heteroatoms. The Morgan fingerprint density at radius 2 is 2.31 bits per heavy atom. The maximum Gasteiger partial charge on any atom is 0.221 e. The average molecular weight is 198 g/mol. The number of hydrogen-bond donors (Lipinski definition) is 0. The summed E-state index contributed by atoms with van der Waals surface area (Å²) in [6.45, 7) is 0. The van der Waals surface area contributed by atoms with Crippen molar-refractivity contribution in [2.24, 2.45) is 0 Å². The van der Waals surface area contributed by atoms with Crippen LogP contribution in [0.4, 0.5) is 0 Å². The third kappa shape index (κ3) is 4.63. The molecule has 0 atom stereocenters. The second-order valence-corrected chi connectivity index (χ2v) is 3.35. The van der Waals surface area contributed by atoms with Crippen LogP contribution in [0.15, 0.2) is 24.5 Å². The van der Waals surface area contributed by atoms with E-state index in [1.165, 1.54) is 5.56 Å². The van der Waals surface area contributed by atoms with Crippen LogP contribution in [0.25, 0.3) is 0 Å². The Bertz CT molecular complexity index is 261. The summed E-state index contributed by atoms with van der Waals surface area (Å²) in [5.74, 6) is 0. The number of aromatic nitrogens is 1. The summed E-state index contributed by atoms with van der Waals surface area (Å²) in [5, 5.41) is -0.244. The fourth-order valence-corrected chi connectivity index (χ4v) is 1.27. The third-order valence-corrected chi connectivity index (χ3v) is 2.00. The molecule has 0 radical (unpaired) electrons. The molecule has 0 fully saturated rings. The summed E-state index contributed by atoms with van der Waals surface area (Å²) < 4.78 is 0. The van der Waals surface area contributed by atoms with Gasteiger partial charge >= 0.3 is 0 Å². The van der Waals surface area contributed by atoms with Crippen molar-refractivity contribution in [3.05, 3.63) is 30.1 Å². The smallest absolute Gasteiger partial charge is 0.221 e. The Balaban J connectivity index is 2.17. The first kappa shape index (κ1) is 10.2. The minimum Gasteiger partial charge on any atom is -0.281 e. The molecule has 1 heterocycles. The van der Waals surface area contributed by atoms with Crippen LogP contribution >= 0.6 is 11.6 Å². The van der Waals surface area contributed by atoms with Crippen molar-refractivity contribution >= 4 is 16.8 Å². The molecule has 13 heavy (non-hydrogen) atoms. The molecule has 0 aliphatic heterocycles. The number of carbonyl (C=O) groups excluding carboxylic acids is 1. The van der Waals surface area contributed by atoms with Crippen molar-refractivity contribution in [1.29, 1.82) is 0 Å². The van der Waals surface area contributed by atoms with Crippen molar-refractivity contribution < 1.29 is 4.79 Å². The monoisotopic (exact) mass is 197 g/mol. The van der Waals surface area contributed by atoms with Crippen molar-refractivity contribution in [3.8, 4) is 0 Å². The van der Waals surface area contributed by atoms with E-state index in [0.29, 0.717) is 6.42 Å². The predicted octanol–water partition coefficient (Wildman–Crippen LogP) is 2.56. The minimum absolute atomic E-state index is 0.244. The predicted molar refractivity (Wildman–Crippen MR) is 52.7 cm³/mol. The molecule has 0 amide bonds. The number of unbranched alkanes of at least 4 members (excludes halogenated alkanes) is 1. The van der Waals surface area contributed by atoms with Crippen LogP contribution in [-0.2, 0) is 11.2 Å². The van der Waals surface area contributed by atoms with Crippen LogP contribution in [0.1, 0.15) is 24.8 Å². The summed E-state index contributed by atoms with van der Waals surface area (Å²) >= 11 is 5.21. The number of pyridine rings is 1. The molecule has 0 aromatic carbocycles. The first-order valence-corrected chi connectivity index (χ1v) is 4.74. The van der Waals surface area contributed by atoms with Gasteiger partial charge in [0.05, 0.1) is 0 Å². The average Bonchev–Trinajstić information content (AvgIpc) is 2.14. The lowest BCUT2D eigenvalue weighted by atomic mass is 10.1. The van der Waals surface area contributed by atoms with E-state index in [0.717, 1.165) is 19.3 Å². The summed E-state index contributed by atoms with van der Waals surface area (Å²) in [7, 11) is 0. The van der Waals surface area contributed by atoms with Crippen molar-refractivity contribution in [1.82, 2.24) is 4.98 Å². The molecule has 0 saturated carbocycles. The first-order chi connectivity index (χ1) is 6.29. The Labute approximate surface area is 82.9 Å². The topological polar surface area (TPSA) is 30.0 Å². The van der Waals surface area contributed by atoms with Gasteiger partial charge in [-0.3, -0.25) is 9.78 Å². The quantitative estimate of drug-likeness (QED) is 0.537. The molecule has 0 aliphatic rings. The van der Waals surface area contributed by atoms with Gasteiger partial charge in [0.2, 0.25) is 5.24 Å². The molecule has 0 bridgehead atoms. The molecular formula is C10H12ClNO. The number of rotatable bonds is 5. The molecule has 0 unspecified atom stereocenters. The van der Waals surface area contributed by atoms with Gasteiger partial charge in [0.1, 0.15) is 0 Å². The minimum atomic E-state index is -0.244. The van der Waals surface area contributed by atoms with Gasteiger partial charge in [0.15, 0.2) is 0 Å². The lowest BCUT2D eigenvalue weighted by Gasteiger charge is -1.98. The molecule has 0 spiro atoms. The van der Waals surface area contributed by atoms with Gasteiger partial charge in [-0.15, -0.1) is 0 Å².